The third-order valence-electron chi connectivity index (χ3n) is 17.7. The van der Waals surface area contributed by atoms with Gasteiger partial charge in [-0.05, 0) is 160 Å². The number of hydrogen-bond acceptors (Lipinski definition) is 5. The summed E-state index contributed by atoms with van der Waals surface area (Å²) in [5.41, 5.74) is 22.7. The fourth-order valence-electron chi connectivity index (χ4n) is 13.4. The third-order valence-corrected chi connectivity index (χ3v) is 17.7. The number of benzene rings is 10. The van der Waals surface area contributed by atoms with E-state index < -0.39 is 5.41 Å². The summed E-state index contributed by atoms with van der Waals surface area (Å²) in [6.45, 7) is 22.2. The zero-order chi connectivity index (χ0) is 59.2. The Balaban J connectivity index is 1.16. The molecule has 0 radical (unpaired) electrons. The summed E-state index contributed by atoms with van der Waals surface area (Å²) in [5.74, 6) is 1.67. The summed E-state index contributed by atoms with van der Waals surface area (Å²) < 4.78 is 7.61. The van der Waals surface area contributed by atoms with Crippen molar-refractivity contribution in [2.24, 2.45) is 0 Å². The number of para-hydroxylation sites is 1. The molecule has 0 atom stereocenters. The van der Waals surface area contributed by atoms with Crippen molar-refractivity contribution in [2.75, 3.05) is 9.80 Å². The van der Waals surface area contributed by atoms with Gasteiger partial charge in [0.15, 0.2) is 0 Å². The maximum Gasteiger partial charge on any atom is 0.145 e. The van der Waals surface area contributed by atoms with Gasteiger partial charge in [-0.15, -0.1) is 0 Å². The van der Waals surface area contributed by atoms with E-state index in [9.17, 15) is 0 Å². The Kier molecular flexibility index (Phi) is 13.1. The van der Waals surface area contributed by atoms with Crippen LogP contribution in [0, 0.1) is 27.7 Å². The predicted octanol–water partition coefficient (Wildman–Crippen LogP) is 22.0. The lowest BCUT2D eigenvalue weighted by atomic mass is 9.67. The molecule has 0 aliphatic heterocycles. The van der Waals surface area contributed by atoms with Crippen LogP contribution in [0.5, 0.6) is 0 Å². The van der Waals surface area contributed by atoms with Crippen molar-refractivity contribution in [2.45, 2.75) is 85.5 Å². The number of aryl methyl sites for hydroxylation is 4. The highest BCUT2D eigenvalue weighted by molar-refractivity contribution is 6.23. The lowest BCUT2D eigenvalue weighted by Crippen LogP contribution is -2.29. The van der Waals surface area contributed by atoms with Gasteiger partial charge < -0.3 is 4.42 Å². The van der Waals surface area contributed by atoms with Gasteiger partial charge in [0.25, 0.3) is 0 Å². The van der Waals surface area contributed by atoms with E-state index in [0.717, 1.165) is 134 Å². The number of nitrogens with zero attached hydrogens (tertiary/aromatic N) is 4. The number of hydrogen-bond donors (Lipinski definition) is 0. The summed E-state index contributed by atoms with van der Waals surface area (Å²) >= 11 is 0. The molecular weight excluding hydrogens is 1040 g/mol. The fourth-order valence-corrected chi connectivity index (χ4v) is 13.4. The molecule has 14 rings (SSSR count). The smallest absolute Gasteiger partial charge is 0.145 e. The average Bonchev–Trinajstić information content (AvgIpc) is 1.50. The van der Waals surface area contributed by atoms with Crippen molar-refractivity contribution in [1.82, 2.24) is 9.97 Å². The van der Waals surface area contributed by atoms with E-state index in [4.69, 9.17) is 14.4 Å². The number of aromatic nitrogens is 2. The van der Waals surface area contributed by atoms with Crippen LogP contribution in [-0.2, 0) is 16.2 Å². The molecule has 10 aromatic carbocycles. The van der Waals surface area contributed by atoms with Crippen LogP contribution in [-0.4, -0.2) is 9.97 Å². The molecule has 13 aromatic rings. The first-order valence-electron chi connectivity index (χ1n) is 30.1. The van der Waals surface area contributed by atoms with Gasteiger partial charge in [0.1, 0.15) is 22.8 Å². The lowest BCUT2D eigenvalue weighted by Gasteiger charge is -2.36. The molecule has 3 aromatic heterocycles. The standard InChI is InChI=1S/C81H70N4O/c1-51-29-33-55(34-30-51)66-45-53(3)49-82-77(66)84(61-41-37-57(38-42-61)79(5,6)7)70-47-68-73(64-26-18-17-25-63(64)70)75-69(81(68,59-21-13-11-14-22-59)60-23-15-12-16-24-60)48-71(74-65-27-19-20-28-72(65)86-76(74)75)85(62-43-39-58(40-44-62)80(8,9)10)78-67(46-54(4)50-83-78)56-35-31-52(2)32-36-56/h11-50H,1-10H3. The maximum absolute atomic E-state index is 7.61. The quantitative estimate of drug-likeness (QED) is 0.137. The Bertz CT molecular complexity index is 4680. The minimum atomic E-state index is -0.918. The molecule has 0 bridgehead atoms. The highest BCUT2D eigenvalue weighted by atomic mass is 16.3. The highest BCUT2D eigenvalue weighted by Crippen LogP contribution is 2.64. The van der Waals surface area contributed by atoms with Gasteiger partial charge >= 0.3 is 0 Å². The predicted molar refractivity (Wildman–Crippen MR) is 361 cm³/mol. The molecule has 3 heterocycles. The number of fused-ring (bicyclic) bond motifs is 9. The second kappa shape index (κ2) is 20.7. The van der Waals surface area contributed by atoms with E-state index in [-0.39, 0.29) is 10.8 Å². The largest absolute Gasteiger partial charge is 0.455 e. The monoisotopic (exact) mass is 1110 g/mol. The highest BCUT2D eigenvalue weighted by Gasteiger charge is 2.50. The van der Waals surface area contributed by atoms with Crippen molar-refractivity contribution >= 4 is 67.1 Å². The van der Waals surface area contributed by atoms with E-state index in [2.05, 4.69) is 310 Å². The van der Waals surface area contributed by atoms with Gasteiger partial charge in [-0.1, -0.05) is 229 Å². The van der Waals surface area contributed by atoms with Crippen LogP contribution in [0.25, 0.3) is 66.1 Å². The zero-order valence-electron chi connectivity index (χ0n) is 50.8. The van der Waals surface area contributed by atoms with Gasteiger partial charge in [-0.2, -0.15) is 0 Å². The maximum atomic E-state index is 7.61. The van der Waals surface area contributed by atoms with Gasteiger partial charge in [0, 0.05) is 51.2 Å². The Hall–Kier alpha value is -9.84. The van der Waals surface area contributed by atoms with Crippen molar-refractivity contribution in [3.05, 3.63) is 299 Å². The second-order valence-electron chi connectivity index (χ2n) is 25.7. The topological polar surface area (TPSA) is 45.4 Å². The summed E-state index contributed by atoms with van der Waals surface area (Å²) in [6.07, 6.45) is 4.03. The molecule has 5 heteroatoms. The minimum Gasteiger partial charge on any atom is -0.455 e. The van der Waals surface area contributed by atoms with E-state index in [1.165, 1.54) is 22.3 Å². The number of rotatable bonds is 10. The molecule has 0 spiro atoms. The van der Waals surface area contributed by atoms with Gasteiger partial charge in [-0.25, -0.2) is 9.97 Å². The first-order valence-corrected chi connectivity index (χ1v) is 30.1. The zero-order valence-corrected chi connectivity index (χ0v) is 50.8. The van der Waals surface area contributed by atoms with Crippen LogP contribution in [0.3, 0.4) is 0 Å². The van der Waals surface area contributed by atoms with Crippen LogP contribution in [0.15, 0.2) is 247 Å². The van der Waals surface area contributed by atoms with Gasteiger partial charge in [0.05, 0.1) is 22.2 Å². The third kappa shape index (κ3) is 8.99. The lowest BCUT2D eigenvalue weighted by molar-refractivity contribution is 0.590. The van der Waals surface area contributed by atoms with Gasteiger partial charge in [-0.3, -0.25) is 9.80 Å². The van der Waals surface area contributed by atoms with E-state index in [1.54, 1.807) is 0 Å². The number of furan rings is 1. The Morgan fingerprint density at radius 2 is 0.802 bits per heavy atom. The molecule has 1 aliphatic carbocycles. The SMILES string of the molecule is Cc1ccc(-c2cc(C)cnc2N(c2ccc(C(C)(C)C)cc2)c2cc3c(c4ccccc24)-c2c(cc(N(c4ccc(C(C)(C)C)cc4)c4ncc(C)cc4-c4ccc(C)cc4)c4c2oc2ccccc24)C3(c2ccccc2)c2ccccc2)cc1. The van der Waals surface area contributed by atoms with E-state index >= 15 is 0 Å². The average molecular weight is 1120 g/mol. The van der Waals surface area contributed by atoms with Crippen LogP contribution in [0.2, 0.25) is 0 Å². The van der Waals surface area contributed by atoms with Crippen molar-refractivity contribution in [3.63, 3.8) is 0 Å². The van der Waals surface area contributed by atoms with E-state index in [0.29, 0.717) is 0 Å². The summed E-state index contributed by atoms with van der Waals surface area (Å²) in [6, 6.07) is 85.6. The van der Waals surface area contributed by atoms with Crippen molar-refractivity contribution in [3.8, 4) is 33.4 Å². The molecule has 0 unspecified atom stereocenters. The Morgan fingerprint density at radius 3 is 1.29 bits per heavy atom. The van der Waals surface area contributed by atoms with Gasteiger partial charge in [0.2, 0.25) is 0 Å². The van der Waals surface area contributed by atoms with Crippen LogP contribution >= 0.6 is 0 Å². The first-order chi connectivity index (χ1) is 41.6. The molecule has 420 valence electrons. The second-order valence-corrected chi connectivity index (χ2v) is 25.7. The molecule has 0 saturated heterocycles. The number of anilines is 6. The van der Waals surface area contributed by atoms with E-state index in [1.807, 2.05) is 12.4 Å². The fraction of sp³-hybridized carbons (Fsp3) is 0.160. The number of pyridine rings is 2. The Labute approximate surface area is 505 Å². The summed E-state index contributed by atoms with van der Waals surface area (Å²) in [5, 5.41) is 4.24. The molecule has 1 aliphatic rings. The molecule has 0 amide bonds. The van der Waals surface area contributed by atoms with Crippen LogP contribution < -0.4 is 9.80 Å². The Morgan fingerprint density at radius 1 is 0.384 bits per heavy atom. The van der Waals surface area contributed by atoms with Crippen molar-refractivity contribution < 1.29 is 4.42 Å². The van der Waals surface area contributed by atoms with Crippen LogP contribution in [0.4, 0.5) is 34.4 Å². The summed E-state index contributed by atoms with van der Waals surface area (Å²) in [4.78, 5) is 15.9. The molecule has 0 saturated carbocycles. The normalized spacial score (nSPS) is 12.9. The minimum absolute atomic E-state index is 0.0560. The molecule has 0 N–H and O–H groups in total. The molecule has 86 heavy (non-hydrogen) atoms. The molecule has 5 nitrogen and oxygen atoms in total. The van der Waals surface area contributed by atoms with Crippen molar-refractivity contribution in [1.29, 1.82) is 0 Å². The summed E-state index contributed by atoms with van der Waals surface area (Å²) in [7, 11) is 0. The van der Waals surface area contributed by atoms with Crippen LogP contribution in [0.1, 0.15) is 97.2 Å². The molecule has 0 fully saturated rings. The first kappa shape index (κ1) is 54.1. The molecular formula is C81H70N4O.